The molecule has 0 bridgehead atoms. The Morgan fingerprint density at radius 2 is 2.00 bits per heavy atom. The van der Waals surface area contributed by atoms with Crippen molar-refractivity contribution in [3.8, 4) is 11.8 Å². The third kappa shape index (κ3) is 5.50. The van der Waals surface area contributed by atoms with E-state index in [0.29, 0.717) is 16.5 Å². The van der Waals surface area contributed by atoms with Gasteiger partial charge in [0.25, 0.3) is 5.91 Å². The van der Waals surface area contributed by atoms with E-state index in [1.165, 1.54) is 18.9 Å². The quantitative estimate of drug-likeness (QED) is 0.541. The molecule has 27 heavy (non-hydrogen) atoms. The summed E-state index contributed by atoms with van der Waals surface area (Å²) >= 11 is 6.07. The fourth-order valence-corrected chi connectivity index (χ4v) is 2.72. The van der Waals surface area contributed by atoms with E-state index in [2.05, 4.69) is 17.6 Å². The van der Waals surface area contributed by atoms with Crippen LogP contribution in [0.25, 0.3) is 0 Å². The van der Waals surface area contributed by atoms with E-state index in [0.717, 1.165) is 12.0 Å². The van der Waals surface area contributed by atoms with E-state index in [1.54, 1.807) is 18.2 Å². The van der Waals surface area contributed by atoms with Crippen molar-refractivity contribution in [2.75, 3.05) is 12.4 Å². The van der Waals surface area contributed by atoms with Crippen LogP contribution in [0.2, 0.25) is 5.02 Å². The second kappa shape index (κ2) is 9.65. The number of hydrogen-bond acceptors (Lipinski definition) is 4. The minimum absolute atomic E-state index is 0.0287. The Bertz CT molecular complexity index is 870. The second-order valence-corrected chi connectivity index (χ2v) is 6.36. The molecule has 0 saturated carbocycles. The zero-order chi connectivity index (χ0) is 19.8. The van der Waals surface area contributed by atoms with Crippen molar-refractivity contribution >= 4 is 23.2 Å². The summed E-state index contributed by atoms with van der Waals surface area (Å²) in [7, 11) is 1.53. The van der Waals surface area contributed by atoms with Gasteiger partial charge in [-0.2, -0.15) is 5.26 Å². The predicted molar refractivity (Wildman–Crippen MR) is 108 cm³/mol. The molecule has 2 aromatic carbocycles. The van der Waals surface area contributed by atoms with E-state index in [1.807, 2.05) is 37.3 Å². The van der Waals surface area contributed by atoms with Gasteiger partial charge in [-0.05, 0) is 42.7 Å². The fraction of sp³-hybridized carbons (Fsp3) is 0.238. The molecule has 0 aliphatic carbocycles. The van der Waals surface area contributed by atoms with E-state index in [9.17, 15) is 10.1 Å². The fourth-order valence-electron chi connectivity index (χ4n) is 2.46. The highest BCUT2D eigenvalue weighted by atomic mass is 35.5. The number of nitriles is 1. The summed E-state index contributed by atoms with van der Waals surface area (Å²) in [5, 5.41) is 15.5. The van der Waals surface area contributed by atoms with Crippen molar-refractivity contribution < 1.29 is 9.53 Å². The van der Waals surface area contributed by atoms with Gasteiger partial charge >= 0.3 is 0 Å². The largest absolute Gasteiger partial charge is 0.495 e. The lowest BCUT2D eigenvalue weighted by atomic mass is 10.0. The van der Waals surface area contributed by atoms with Crippen LogP contribution in [0.4, 0.5) is 5.69 Å². The molecule has 5 nitrogen and oxygen atoms in total. The van der Waals surface area contributed by atoms with E-state index >= 15 is 0 Å². The molecule has 1 unspecified atom stereocenters. The number of nitrogens with zero attached hydrogens (tertiary/aromatic N) is 1. The Balaban J connectivity index is 2.04. The molecular formula is C21H22ClN3O2. The number of anilines is 1. The molecule has 0 radical (unpaired) electrons. The summed E-state index contributed by atoms with van der Waals surface area (Å²) in [5.74, 6) is 0.101. The van der Waals surface area contributed by atoms with Crippen molar-refractivity contribution in [1.82, 2.24) is 5.32 Å². The number of benzene rings is 2. The first-order valence-corrected chi connectivity index (χ1v) is 8.96. The number of nitrogens with one attached hydrogen (secondary N) is 2. The lowest BCUT2D eigenvalue weighted by molar-refractivity contribution is -0.117. The normalized spacial score (nSPS) is 12.0. The van der Waals surface area contributed by atoms with Gasteiger partial charge in [-0.15, -0.1) is 0 Å². The molecule has 0 aliphatic rings. The average molecular weight is 384 g/mol. The van der Waals surface area contributed by atoms with Gasteiger partial charge in [-0.3, -0.25) is 4.79 Å². The van der Waals surface area contributed by atoms with E-state index in [4.69, 9.17) is 16.3 Å². The Kier molecular flexibility index (Phi) is 7.27. The number of rotatable bonds is 7. The first-order chi connectivity index (χ1) is 13.0. The Labute approximate surface area is 164 Å². The predicted octanol–water partition coefficient (Wildman–Crippen LogP) is 4.61. The first kappa shape index (κ1) is 20.3. The molecule has 0 aliphatic heterocycles. The SMILES string of the molecule is CCc1ccc(C(C)NC(=O)/C(C#N)=C\Nc2ccc(OC)c(Cl)c2)cc1. The van der Waals surface area contributed by atoms with Crippen LogP contribution in [0.5, 0.6) is 5.75 Å². The number of carbonyl (C=O) groups excluding carboxylic acids is 1. The van der Waals surface area contributed by atoms with Gasteiger partial charge in [-0.25, -0.2) is 0 Å². The van der Waals surface area contributed by atoms with Crippen LogP contribution in [0.3, 0.4) is 0 Å². The summed E-state index contributed by atoms with van der Waals surface area (Å²) in [4.78, 5) is 12.4. The molecule has 0 spiro atoms. The van der Waals surface area contributed by atoms with Crippen LogP contribution < -0.4 is 15.4 Å². The summed E-state index contributed by atoms with van der Waals surface area (Å²) in [6, 6.07) is 14.8. The molecule has 2 N–H and O–H groups in total. The molecule has 0 saturated heterocycles. The molecule has 1 atom stereocenters. The van der Waals surface area contributed by atoms with E-state index in [-0.39, 0.29) is 11.6 Å². The molecule has 6 heteroatoms. The van der Waals surface area contributed by atoms with Crippen LogP contribution in [-0.2, 0) is 11.2 Å². The lowest BCUT2D eigenvalue weighted by Gasteiger charge is -2.14. The molecular weight excluding hydrogens is 362 g/mol. The van der Waals surface area contributed by atoms with Gasteiger partial charge in [0, 0.05) is 11.9 Å². The molecule has 0 heterocycles. The lowest BCUT2D eigenvalue weighted by Crippen LogP contribution is -2.28. The Morgan fingerprint density at radius 1 is 1.30 bits per heavy atom. The molecule has 1 amide bonds. The van der Waals surface area contributed by atoms with Gasteiger partial charge in [0.05, 0.1) is 18.2 Å². The van der Waals surface area contributed by atoms with Crippen molar-refractivity contribution in [1.29, 1.82) is 5.26 Å². The highest BCUT2D eigenvalue weighted by Gasteiger charge is 2.14. The van der Waals surface area contributed by atoms with Gasteiger partial charge in [0.2, 0.25) is 0 Å². The standard InChI is InChI=1S/C21H22ClN3O2/c1-4-15-5-7-16(8-6-15)14(2)25-21(26)17(12-23)13-24-18-9-10-20(27-3)19(22)11-18/h5-11,13-14,24H,4H2,1-3H3,(H,25,26)/b17-13-. The van der Waals surface area contributed by atoms with Crippen molar-refractivity contribution in [3.63, 3.8) is 0 Å². The number of halogens is 1. The topological polar surface area (TPSA) is 74.2 Å². The number of methoxy groups -OCH3 is 1. The summed E-state index contributed by atoms with van der Waals surface area (Å²) in [6.45, 7) is 3.97. The molecule has 2 rings (SSSR count). The van der Waals surface area contributed by atoms with Gasteiger partial charge in [-0.1, -0.05) is 42.8 Å². The summed E-state index contributed by atoms with van der Waals surface area (Å²) in [5.41, 5.74) is 2.83. The Morgan fingerprint density at radius 3 is 2.56 bits per heavy atom. The smallest absolute Gasteiger partial charge is 0.263 e. The zero-order valence-electron chi connectivity index (χ0n) is 15.5. The maximum absolute atomic E-state index is 12.4. The molecule has 0 aromatic heterocycles. The van der Waals surface area contributed by atoms with Gasteiger partial charge in [0.1, 0.15) is 17.4 Å². The van der Waals surface area contributed by atoms with Crippen molar-refractivity contribution in [3.05, 3.63) is 70.4 Å². The zero-order valence-corrected chi connectivity index (χ0v) is 16.3. The van der Waals surface area contributed by atoms with Crippen LogP contribution in [-0.4, -0.2) is 13.0 Å². The van der Waals surface area contributed by atoms with Gasteiger partial charge < -0.3 is 15.4 Å². The highest BCUT2D eigenvalue weighted by Crippen LogP contribution is 2.27. The monoisotopic (exact) mass is 383 g/mol. The number of hydrogen-bond donors (Lipinski definition) is 2. The van der Waals surface area contributed by atoms with Crippen LogP contribution in [0, 0.1) is 11.3 Å². The van der Waals surface area contributed by atoms with Crippen LogP contribution in [0.15, 0.2) is 54.2 Å². The van der Waals surface area contributed by atoms with Crippen molar-refractivity contribution in [2.45, 2.75) is 26.3 Å². The summed E-state index contributed by atoms with van der Waals surface area (Å²) in [6.07, 6.45) is 2.32. The third-order valence-corrected chi connectivity index (χ3v) is 4.43. The number of ether oxygens (including phenoxy) is 1. The van der Waals surface area contributed by atoms with Crippen LogP contribution >= 0.6 is 11.6 Å². The van der Waals surface area contributed by atoms with E-state index < -0.39 is 5.91 Å². The minimum atomic E-state index is -0.448. The number of aryl methyl sites for hydroxylation is 1. The second-order valence-electron chi connectivity index (χ2n) is 5.95. The maximum atomic E-state index is 12.4. The molecule has 2 aromatic rings. The third-order valence-electron chi connectivity index (χ3n) is 4.14. The van der Waals surface area contributed by atoms with Crippen molar-refractivity contribution in [2.24, 2.45) is 0 Å². The number of amides is 1. The highest BCUT2D eigenvalue weighted by molar-refractivity contribution is 6.32. The average Bonchev–Trinajstić information content (AvgIpc) is 2.68. The first-order valence-electron chi connectivity index (χ1n) is 8.58. The van der Waals surface area contributed by atoms with Crippen LogP contribution in [0.1, 0.15) is 31.0 Å². The minimum Gasteiger partial charge on any atom is -0.495 e. The maximum Gasteiger partial charge on any atom is 0.263 e. The van der Waals surface area contributed by atoms with Gasteiger partial charge in [0.15, 0.2) is 0 Å². The Hall–Kier alpha value is -2.97. The molecule has 0 fully saturated rings. The number of carbonyl (C=O) groups is 1. The summed E-state index contributed by atoms with van der Waals surface area (Å²) < 4.78 is 5.09. The molecule has 140 valence electrons.